The number of aliphatic hydroxyl groups is 2. The molecule has 0 radical (unpaired) electrons. The predicted molar refractivity (Wildman–Crippen MR) is 127 cm³/mol. The van der Waals surface area contributed by atoms with Crippen LogP contribution in [0.25, 0.3) is 0 Å². The van der Waals surface area contributed by atoms with Crippen LogP contribution in [-0.2, 0) is 14.3 Å². The van der Waals surface area contributed by atoms with Crippen molar-refractivity contribution in [2.45, 2.75) is 92.0 Å². The Kier molecular flexibility index (Phi) is 9.73. The summed E-state index contributed by atoms with van der Waals surface area (Å²) in [6.45, 7) is 11.4. The fourth-order valence-corrected chi connectivity index (χ4v) is 4.38. The number of azo groups is 1. The van der Waals surface area contributed by atoms with E-state index in [2.05, 4.69) is 23.2 Å². The number of esters is 1. The van der Waals surface area contributed by atoms with Gasteiger partial charge in [-0.1, -0.05) is 45.4 Å². The molecule has 0 amide bonds. The number of cyclic esters (lactones) is 1. The van der Waals surface area contributed by atoms with Gasteiger partial charge in [0.25, 0.3) is 0 Å². The van der Waals surface area contributed by atoms with Gasteiger partial charge in [-0.25, -0.2) is 0 Å². The van der Waals surface area contributed by atoms with E-state index in [0.717, 1.165) is 30.4 Å². The Balaban J connectivity index is 2.30. The molecule has 2 heterocycles. The Morgan fingerprint density at radius 3 is 2.58 bits per heavy atom. The summed E-state index contributed by atoms with van der Waals surface area (Å²) in [7, 11) is 0. The summed E-state index contributed by atoms with van der Waals surface area (Å²) in [5, 5.41) is 29.4. The van der Waals surface area contributed by atoms with Crippen LogP contribution in [0.5, 0.6) is 0 Å². The minimum atomic E-state index is -1.22. The van der Waals surface area contributed by atoms with Crippen molar-refractivity contribution in [3.63, 3.8) is 0 Å². The maximum atomic E-state index is 13.1. The van der Waals surface area contributed by atoms with Crippen LogP contribution < -0.4 is 0 Å². The summed E-state index contributed by atoms with van der Waals surface area (Å²) in [6, 6.07) is 0. The molecule has 2 aliphatic rings. The molecule has 0 saturated heterocycles. The Morgan fingerprint density at radius 1 is 1.24 bits per heavy atom. The first-order chi connectivity index (χ1) is 15.4. The van der Waals surface area contributed by atoms with Crippen molar-refractivity contribution < 1.29 is 24.5 Å². The van der Waals surface area contributed by atoms with Crippen LogP contribution in [0.4, 0.5) is 0 Å². The molecule has 2 N–H and O–H groups in total. The third-order valence-electron chi connectivity index (χ3n) is 7.00. The maximum Gasteiger partial charge on any atom is 0.309 e. The molecule has 7 heteroatoms. The lowest BCUT2D eigenvalue weighted by Gasteiger charge is -2.34. The van der Waals surface area contributed by atoms with Gasteiger partial charge in [-0.15, -0.1) is 0 Å². The number of ketones is 1. The summed E-state index contributed by atoms with van der Waals surface area (Å²) < 4.78 is 5.77. The molecule has 0 aromatic heterocycles. The molecule has 0 aromatic rings. The van der Waals surface area contributed by atoms with Crippen molar-refractivity contribution in [1.29, 1.82) is 0 Å². The number of carbonyl (C=O) groups is 2. The van der Waals surface area contributed by atoms with E-state index in [0.29, 0.717) is 13.0 Å². The van der Waals surface area contributed by atoms with Gasteiger partial charge >= 0.3 is 5.97 Å². The van der Waals surface area contributed by atoms with Crippen LogP contribution in [0.1, 0.15) is 73.6 Å². The zero-order chi connectivity index (χ0) is 24.8. The lowest BCUT2D eigenvalue weighted by molar-refractivity contribution is -0.154. The SMILES string of the molecule is C/C1=C/C[C@@H](/C(C)=C/C2=CN=NC2)OC(=O)C[C@H](O)C(C)(C)C(=O)[C@H](C)[C@@H](O)[C@@H](C)CCC1. The summed E-state index contributed by atoms with van der Waals surface area (Å²) in [5.41, 5.74) is 1.82. The molecule has 5 atom stereocenters. The number of aliphatic hydroxyl groups excluding tert-OH is 2. The van der Waals surface area contributed by atoms with E-state index in [1.807, 2.05) is 19.9 Å². The summed E-state index contributed by atoms with van der Waals surface area (Å²) in [4.78, 5) is 25.9. The van der Waals surface area contributed by atoms with Crippen molar-refractivity contribution in [3.8, 4) is 0 Å². The molecular weight excluding hydrogens is 420 g/mol. The van der Waals surface area contributed by atoms with Gasteiger partial charge in [0.05, 0.1) is 36.8 Å². The van der Waals surface area contributed by atoms with E-state index in [-0.39, 0.29) is 18.1 Å². The van der Waals surface area contributed by atoms with Crippen molar-refractivity contribution in [2.24, 2.45) is 27.5 Å². The van der Waals surface area contributed by atoms with E-state index in [9.17, 15) is 19.8 Å². The molecule has 0 saturated carbocycles. The van der Waals surface area contributed by atoms with Gasteiger partial charge in [0, 0.05) is 12.3 Å². The summed E-state index contributed by atoms with van der Waals surface area (Å²) in [6.07, 6.45) is 6.02. The first-order valence-electron chi connectivity index (χ1n) is 11.9. The highest BCUT2D eigenvalue weighted by Gasteiger charge is 2.42. The minimum Gasteiger partial charge on any atom is -0.457 e. The molecule has 2 aliphatic heterocycles. The molecule has 0 unspecified atom stereocenters. The number of hydrogen-bond acceptors (Lipinski definition) is 7. The summed E-state index contributed by atoms with van der Waals surface area (Å²) >= 11 is 0. The number of nitrogens with zero attached hydrogens (tertiary/aromatic N) is 2. The van der Waals surface area contributed by atoms with Crippen LogP contribution in [-0.4, -0.2) is 46.8 Å². The average molecular weight is 461 g/mol. The second-order valence-corrected chi connectivity index (χ2v) is 10.2. The van der Waals surface area contributed by atoms with E-state index >= 15 is 0 Å². The third kappa shape index (κ3) is 7.44. The van der Waals surface area contributed by atoms with Crippen LogP contribution >= 0.6 is 0 Å². The fourth-order valence-electron chi connectivity index (χ4n) is 4.38. The lowest BCUT2D eigenvalue weighted by Crippen LogP contribution is -2.45. The first-order valence-corrected chi connectivity index (χ1v) is 11.9. The molecule has 0 aliphatic carbocycles. The number of rotatable bonds is 2. The second kappa shape index (κ2) is 11.8. The maximum absolute atomic E-state index is 13.1. The molecular formula is C26H40N2O5. The molecule has 0 fully saturated rings. The Labute approximate surface area is 197 Å². The molecule has 7 nitrogen and oxygen atoms in total. The first kappa shape index (κ1) is 27.1. The molecule has 2 rings (SSSR count). The minimum absolute atomic E-state index is 0.0454. The van der Waals surface area contributed by atoms with Crippen molar-refractivity contribution in [2.75, 3.05) is 6.54 Å². The van der Waals surface area contributed by atoms with Crippen molar-refractivity contribution >= 4 is 11.8 Å². The zero-order valence-corrected chi connectivity index (χ0v) is 20.9. The molecule has 0 aromatic carbocycles. The third-order valence-corrected chi connectivity index (χ3v) is 7.00. The fraction of sp³-hybridized carbons (Fsp3) is 0.692. The number of hydrogen-bond donors (Lipinski definition) is 2. The van der Waals surface area contributed by atoms with Crippen LogP contribution in [0.3, 0.4) is 0 Å². The predicted octanol–water partition coefficient (Wildman–Crippen LogP) is 4.69. The van der Waals surface area contributed by atoms with Crippen LogP contribution in [0.2, 0.25) is 0 Å². The van der Waals surface area contributed by atoms with Crippen LogP contribution in [0.15, 0.2) is 45.3 Å². The van der Waals surface area contributed by atoms with Gasteiger partial charge in [-0.05, 0) is 50.2 Å². The standard InChI is InChI=1S/C26H40N2O5/c1-16-8-7-9-17(2)24(31)19(4)25(32)26(5,6)22(29)13-23(30)33-21(11-10-16)18(3)12-20-14-27-28-15-20/h10,12,14,17,19,21-22,24,29,31H,7-9,11,13,15H2,1-6H3/b16-10-,18-12+/t17-,19+,21-,22-,24-/m0/s1. The van der Waals surface area contributed by atoms with Gasteiger partial charge in [0.2, 0.25) is 0 Å². The number of Topliss-reactive ketones (excluding diaryl/α,β-unsaturated/α-hetero) is 1. The van der Waals surface area contributed by atoms with Gasteiger partial charge in [-0.2, -0.15) is 10.2 Å². The van der Waals surface area contributed by atoms with E-state index < -0.39 is 35.6 Å². The van der Waals surface area contributed by atoms with Gasteiger partial charge < -0.3 is 14.9 Å². The highest BCUT2D eigenvalue weighted by molar-refractivity contribution is 5.88. The lowest BCUT2D eigenvalue weighted by atomic mass is 9.73. The van der Waals surface area contributed by atoms with Crippen molar-refractivity contribution in [3.05, 3.63) is 35.1 Å². The Hall–Kier alpha value is -2.12. The van der Waals surface area contributed by atoms with Gasteiger partial charge in [-0.3, -0.25) is 9.59 Å². The Bertz CT molecular complexity index is 840. The van der Waals surface area contributed by atoms with Gasteiger partial charge in [0.15, 0.2) is 0 Å². The molecule has 0 bridgehead atoms. The largest absolute Gasteiger partial charge is 0.457 e. The average Bonchev–Trinajstić information content (AvgIpc) is 3.26. The molecule has 0 spiro atoms. The zero-order valence-electron chi connectivity index (χ0n) is 20.9. The number of ether oxygens (including phenoxy) is 1. The normalized spacial score (nSPS) is 34.4. The van der Waals surface area contributed by atoms with Gasteiger partial charge in [0.1, 0.15) is 11.9 Å². The summed E-state index contributed by atoms with van der Waals surface area (Å²) in [5.74, 6) is -1.50. The number of allylic oxidation sites excluding steroid dienone is 1. The highest BCUT2D eigenvalue weighted by atomic mass is 16.5. The number of carbonyl (C=O) groups excluding carboxylic acids is 2. The molecule has 33 heavy (non-hydrogen) atoms. The smallest absolute Gasteiger partial charge is 0.309 e. The van der Waals surface area contributed by atoms with E-state index in [4.69, 9.17) is 4.74 Å². The second-order valence-electron chi connectivity index (χ2n) is 10.2. The Morgan fingerprint density at radius 2 is 1.94 bits per heavy atom. The highest BCUT2D eigenvalue weighted by Crippen LogP contribution is 2.32. The van der Waals surface area contributed by atoms with Crippen LogP contribution in [0, 0.1) is 17.3 Å². The van der Waals surface area contributed by atoms with E-state index in [1.54, 1.807) is 27.0 Å². The topological polar surface area (TPSA) is 109 Å². The monoisotopic (exact) mass is 460 g/mol. The van der Waals surface area contributed by atoms with Crippen molar-refractivity contribution in [1.82, 2.24) is 0 Å². The quantitative estimate of drug-likeness (QED) is 0.459. The van der Waals surface area contributed by atoms with E-state index in [1.165, 1.54) is 5.57 Å². The molecule has 184 valence electrons.